The molecule has 0 amide bonds. The number of thiophene rings is 1. The number of carbonyl (C=O) groups is 1. The summed E-state index contributed by atoms with van der Waals surface area (Å²) in [5.74, 6) is -0.0816. The highest BCUT2D eigenvalue weighted by Gasteiger charge is 2.16. The first-order valence-electron chi connectivity index (χ1n) is 3.56. The summed E-state index contributed by atoms with van der Waals surface area (Å²) in [6.07, 6.45) is 0. The lowest BCUT2D eigenvalue weighted by molar-refractivity contribution is 0.100. The summed E-state index contributed by atoms with van der Waals surface area (Å²) >= 11 is 7.45. The molecule has 0 aliphatic rings. The van der Waals surface area contributed by atoms with Gasteiger partial charge in [-0.2, -0.15) is 0 Å². The predicted octanol–water partition coefficient (Wildman–Crippen LogP) is 2.16. The van der Waals surface area contributed by atoms with Crippen molar-refractivity contribution < 1.29 is 4.79 Å². The molecule has 0 radical (unpaired) electrons. The van der Waals surface area contributed by atoms with Crippen molar-refractivity contribution in [1.82, 2.24) is 0 Å². The second kappa shape index (κ2) is 3.56. The quantitative estimate of drug-likeness (QED) is 0.749. The highest BCUT2D eigenvalue weighted by atomic mass is 35.5. The van der Waals surface area contributed by atoms with Crippen LogP contribution < -0.4 is 5.73 Å². The first kappa shape index (κ1) is 9.71. The number of carbonyl (C=O) groups excluding carboxylic acids is 1. The molecule has 2 N–H and O–H groups in total. The van der Waals surface area contributed by atoms with E-state index in [0.29, 0.717) is 10.6 Å². The third-order valence-electron chi connectivity index (χ3n) is 1.65. The average molecular weight is 204 g/mol. The van der Waals surface area contributed by atoms with E-state index in [1.807, 2.05) is 13.8 Å². The third kappa shape index (κ3) is 1.53. The predicted molar refractivity (Wildman–Crippen MR) is 52.2 cm³/mol. The monoisotopic (exact) mass is 203 g/mol. The maximum atomic E-state index is 11.3. The van der Waals surface area contributed by atoms with Crippen LogP contribution in [0.3, 0.4) is 0 Å². The minimum Gasteiger partial charge on any atom is -0.324 e. The summed E-state index contributed by atoms with van der Waals surface area (Å²) in [6.45, 7) is 3.80. The molecule has 1 heterocycles. The van der Waals surface area contributed by atoms with E-state index >= 15 is 0 Å². The lowest BCUT2D eigenvalue weighted by Crippen LogP contribution is -2.14. The van der Waals surface area contributed by atoms with E-state index in [4.69, 9.17) is 17.3 Å². The van der Waals surface area contributed by atoms with Gasteiger partial charge in [0.15, 0.2) is 5.78 Å². The molecule has 0 unspecified atom stereocenters. The van der Waals surface area contributed by atoms with Crippen molar-refractivity contribution in [3.63, 3.8) is 0 Å². The molecule has 0 aliphatic carbocycles. The molecule has 0 saturated carbocycles. The van der Waals surface area contributed by atoms with Gasteiger partial charge in [-0.15, -0.1) is 11.3 Å². The summed E-state index contributed by atoms with van der Waals surface area (Å²) in [6, 6.07) is 0. The second-order valence-corrected chi connectivity index (χ2v) is 4.34. The van der Waals surface area contributed by atoms with Gasteiger partial charge in [-0.3, -0.25) is 4.79 Å². The molecule has 0 fully saturated rings. The van der Waals surface area contributed by atoms with Crippen LogP contribution in [-0.4, -0.2) is 12.3 Å². The molecule has 1 rings (SSSR count). The standard InChI is InChI=1S/C8H10ClNOS/c1-4-7(6(11)3-10)8(9)5(2)12-4/h3,10H2,1-2H3. The SMILES string of the molecule is Cc1sc(C)c(C(=O)CN)c1Cl. The van der Waals surface area contributed by atoms with Crippen molar-refractivity contribution in [2.45, 2.75) is 13.8 Å². The van der Waals surface area contributed by atoms with Crippen molar-refractivity contribution in [2.75, 3.05) is 6.54 Å². The summed E-state index contributed by atoms with van der Waals surface area (Å²) in [5.41, 5.74) is 5.85. The molecule has 1 aromatic rings. The van der Waals surface area contributed by atoms with Gasteiger partial charge in [0.25, 0.3) is 0 Å². The Labute approximate surface area is 80.3 Å². The Morgan fingerprint density at radius 1 is 1.50 bits per heavy atom. The maximum absolute atomic E-state index is 11.3. The fourth-order valence-electron chi connectivity index (χ4n) is 1.08. The van der Waals surface area contributed by atoms with E-state index in [1.165, 1.54) is 11.3 Å². The average Bonchev–Trinajstić information content (AvgIpc) is 2.26. The van der Waals surface area contributed by atoms with E-state index in [2.05, 4.69) is 0 Å². The topological polar surface area (TPSA) is 43.1 Å². The van der Waals surface area contributed by atoms with Gasteiger partial charge in [0.05, 0.1) is 17.1 Å². The number of hydrogen-bond acceptors (Lipinski definition) is 3. The molecule has 1 aromatic heterocycles. The lowest BCUT2D eigenvalue weighted by Gasteiger charge is -1.96. The zero-order chi connectivity index (χ0) is 9.30. The number of nitrogens with two attached hydrogens (primary N) is 1. The highest BCUT2D eigenvalue weighted by molar-refractivity contribution is 7.13. The molecule has 4 heteroatoms. The van der Waals surface area contributed by atoms with Crippen LogP contribution >= 0.6 is 22.9 Å². The fourth-order valence-corrected chi connectivity index (χ4v) is 2.46. The number of rotatable bonds is 2. The Morgan fingerprint density at radius 2 is 2.08 bits per heavy atom. The minimum absolute atomic E-state index is 0.0245. The van der Waals surface area contributed by atoms with Gasteiger partial charge < -0.3 is 5.73 Å². The number of Topliss-reactive ketones (excluding diaryl/α,β-unsaturated/α-hetero) is 1. The summed E-state index contributed by atoms with van der Waals surface area (Å²) in [4.78, 5) is 13.2. The van der Waals surface area contributed by atoms with Crippen LogP contribution in [0.15, 0.2) is 0 Å². The largest absolute Gasteiger partial charge is 0.324 e. The van der Waals surface area contributed by atoms with E-state index in [9.17, 15) is 4.79 Å². The molecule has 0 atom stereocenters. The molecule has 0 bridgehead atoms. The van der Waals surface area contributed by atoms with Crippen LogP contribution in [0.1, 0.15) is 20.1 Å². The molecule has 0 aromatic carbocycles. The number of aryl methyl sites for hydroxylation is 2. The summed E-state index contributed by atoms with van der Waals surface area (Å²) in [7, 11) is 0. The molecule has 66 valence electrons. The minimum atomic E-state index is -0.0816. The lowest BCUT2D eigenvalue weighted by atomic mass is 10.1. The van der Waals surface area contributed by atoms with Crippen molar-refractivity contribution in [1.29, 1.82) is 0 Å². The fraction of sp³-hybridized carbons (Fsp3) is 0.375. The van der Waals surface area contributed by atoms with Crippen LogP contribution in [0.5, 0.6) is 0 Å². The van der Waals surface area contributed by atoms with Gasteiger partial charge in [0, 0.05) is 9.75 Å². The summed E-state index contributed by atoms with van der Waals surface area (Å²) < 4.78 is 0. The van der Waals surface area contributed by atoms with Crippen LogP contribution in [0, 0.1) is 13.8 Å². The van der Waals surface area contributed by atoms with Gasteiger partial charge in [0.1, 0.15) is 0 Å². The van der Waals surface area contributed by atoms with E-state index in [-0.39, 0.29) is 12.3 Å². The Bertz CT molecular complexity index is 319. The molecule has 12 heavy (non-hydrogen) atoms. The third-order valence-corrected chi connectivity index (χ3v) is 3.26. The zero-order valence-electron chi connectivity index (χ0n) is 6.98. The van der Waals surface area contributed by atoms with Crippen LogP contribution in [0.25, 0.3) is 0 Å². The molecule has 0 saturated heterocycles. The van der Waals surface area contributed by atoms with Crippen LogP contribution in [0.2, 0.25) is 5.02 Å². The van der Waals surface area contributed by atoms with Gasteiger partial charge >= 0.3 is 0 Å². The van der Waals surface area contributed by atoms with Crippen LogP contribution in [0.4, 0.5) is 0 Å². The molecule has 2 nitrogen and oxygen atoms in total. The van der Waals surface area contributed by atoms with Gasteiger partial charge in [-0.1, -0.05) is 11.6 Å². The van der Waals surface area contributed by atoms with Gasteiger partial charge in [0.2, 0.25) is 0 Å². The van der Waals surface area contributed by atoms with E-state index in [1.54, 1.807) is 0 Å². The maximum Gasteiger partial charge on any atom is 0.178 e. The molecular weight excluding hydrogens is 194 g/mol. The summed E-state index contributed by atoms with van der Waals surface area (Å²) in [5, 5.41) is 0.563. The zero-order valence-corrected chi connectivity index (χ0v) is 8.55. The number of ketones is 1. The number of hydrogen-bond donors (Lipinski definition) is 1. The smallest absolute Gasteiger partial charge is 0.178 e. The van der Waals surface area contributed by atoms with Crippen molar-refractivity contribution in [2.24, 2.45) is 5.73 Å². The van der Waals surface area contributed by atoms with Crippen molar-refractivity contribution >= 4 is 28.7 Å². The van der Waals surface area contributed by atoms with Crippen molar-refractivity contribution in [3.05, 3.63) is 20.3 Å². The molecular formula is C8H10ClNOS. The Morgan fingerprint density at radius 3 is 2.42 bits per heavy atom. The van der Waals surface area contributed by atoms with Gasteiger partial charge in [-0.05, 0) is 13.8 Å². The first-order chi connectivity index (χ1) is 5.57. The molecule has 0 aliphatic heterocycles. The number of halogens is 1. The van der Waals surface area contributed by atoms with E-state index < -0.39 is 0 Å². The van der Waals surface area contributed by atoms with E-state index in [0.717, 1.165) is 9.75 Å². The van der Waals surface area contributed by atoms with Crippen molar-refractivity contribution in [3.8, 4) is 0 Å². The Balaban J connectivity index is 3.22. The second-order valence-electron chi connectivity index (χ2n) is 2.53. The van der Waals surface area contributed by atoms with Crippen LogP contribution in [-0.2, 0) is 0 Å². The normalized spacial score (nSPS) is 10.3. The Kier molecular flexibility index (Phi) is 2.88. The van der Waals surface area contributed by atoms with Gasteiger partial charge in [-0.25, -0.2) is 0 Å². The highest BCUT2D eigenvalue weighted by Crippen LogP contribution is 2.31. The Hall–Kier alpha value is -0.380. The first-order valence-corrected chi connectivity index (χ1v) is 4.76. The molecule has 0 spiro atoms.